The van der Waals surface area contributed by atoms with Gasteiger partial charge in [-0.15, -0.1) is 5.10 Å². The van der Waals surface area contributed by atoms with E-state index in [4.69, 9.17) is 5.11 Å². The van der Waals surface area contributed by atoms with Gasteiger partial charge in [0.25, 0.3) is 0 Å². The quantitative estimate of drug-likeness (QED) is 0.794. The summed E-state index contributed by atoms with van der Waals surface area (Å²) in [6.07, 6.45) is -3.30. The molecule has 0 amide bonds. The lowest BCUT2D eigenvalue weighted by atomic mass is 10.1. The molecule has 1 heterocycles. The van der Waals surface area contributed by atoms with Gasteiger partial charge in [-0.1, -0.05) is 24.3 Å². The Kier molecular flexibility index (Phi) is 3.80. The summed E-state index contributed by atoms with van der Waals surface area (Å²) in [4.78, 5) is 12.1. The molecule has 0 aliphatic heterocycles. The summed E-state index contributed by atoms with van der Waals surface area (Å²) in [5, 5.41) is 17.0. The molecule has 8 heteroatoms. The SMILES string of the molecule is O=C(O)c1cccc(-n2ncc(-c3ccccc3C(F)(F)F)n2)c1. The molecule has 0 aliphatic carbocycles. The van der Waals surface area contributed by atoms with Gasteiger partial charge in [0.05, 0.1) is 23.0 Å². The van der Waals surface area contributed by atoms with Crippen molar-refractivity contribution in [2.45, 2.75) is 6.18 Å². The van der Waals surface area contributed by atoms with Crippen LogP contribution < -0.4 is 0 Å². The smallest absolute Gasteiger partial charge is 0.417 e. The molecular formula is C16H10F3N3O2. The van der Waals surface area contributed by atoms with Crippen LogP contribution in [0.15, 0.2) is 54.7 Å². The van der Waals surface area contributed by atoms with Gasteiger partial charge < -0.3 is 5.11 Å². The second-order valence-electron chi connectivity index (χ2n) is 4.92. The Morgan fingerprint density at radius 3 is 2.54 bits per heavy atom. The van der Waals surface area contributed by atoms with Crippen molar-refractivity contribution in [3.05, 3.63) is 65.9 Å². The van der Waals surface area contributed by atoms with Crippen molar-refractivity contribution in [1.82, 2.24) is 15.0 Å². The molecule has 24 heavy (non-hydrogen) atoms. The Hall–Kier alpha value is -3.16. The molecular weight excluding hydrogens is 323 g/mol. The van der Waals surface area contributed by atoms with E-state index in [0.29, 0.717) is 5.69 Å². The molecule has 0 fully saturated rings. The Labute approximate surface area is 134 Å². The van der Waals surface area contributed by atoms with E-state index in [-0.39, 0.29) is 16.8 Å². The van der Waals surface area contributed by atoms with Crippen molar-refractivity contribution in [1.29, 1.82) is 0 Å². The average Bonchev–Trinajstić information content (AvgIpc) is 3.04. The highest BCUT2D eigenvalue weighted by atomic mass is 19.4. The minimum absolute atomic E-state index is 0.0297. The molecule has 0 saturated heterocycles. The normalized spacial score (nSPS) is 11.5. The number of rotatable bonds is 3. The molecule has 2 aromatic carbocycles. The third-order valence-corrected chi connectivity index (χ3v) is 3.32. The molecule has 0 aliphatic rings. The second-order valence-corrected chi connectivity index (χ2v) is 4.92. The summed E-state index contributed by atoms with van der Waals surface area (Å²) < 4.78 is 39.3. The van der Waals surface area contributed by atoms with Crippen molar-refractivity contribution in [2.75, 3.05) is 0 Å². The van der Waals surface area contributed by atoms with Crippen molar-refractivity contribution >= 4 is 5.97 Å². The molecule has 0 bridgehead atoms. The van der Waals surface area contributed by atoms with Gasteiger partial charge in [0.15, 0.2) is 0 Å². The number of halogens is 3. The lowest BCUT2D eigenvalue weighted by Crippen LogP contribution is -2.07. The van der Waals surface area contributed by atoms with Gasteiger partial charge in [0.2, 0.25) is 0 Å². The van der Waals surface area contributed by atoms with Crippen LogP contribution in [0.1, 0.15) is 15.9 Å². The molecule has 0 spiro atoms. The van der Waals surface area contributed by atoms with Crippen LogP contribution in [0.25, 0.3) is 16.9 Å². The van der Waals surface area contributed by atoms with Gasteiger partial charge in [-0.05, 0) is 24.3 Å². The van der Waals surface area contributed by atoms with Crippen LogP contribution in [0, 0.1) is 0 Å². The molecule has 122 valence electrons. The average molecular weight is 333 g/mol. The van der Waals surface area contributed by atoms with E-state index in [1.54, 1.807) is 6.07 Å². The molecule has 5 nitrogen and oxygen atoms in total. The summed E-state index contributed by atoms with van der Waals surface area (Å²) in [6.45, 7) is 0. The van der Waals surface area contributed by atoms with Crippen LogP contribution in [0.5, 0.6) is 0 Å². The van der Waals surface area contributed by atoms with E-state index in [1.165, 1.54) is 42.6 Å². The lowest BCUT2D eigenvalue weighted by Gasteiger charge is -2.10. The van der Waals surface area contributed by atoms with Crippen molar-refractivity contribution < 1.29 is 23.1 Å². The monoisotopic (exact) mass is 333 g/mol. The van der Waals surface area contributed by atoms with E-state index >= 15 is 0 Å². The number of aromatic nitrogens is 3. The second kappa shape index (κ2) is 5.80. The summed E-state index contributed by atoms with van der Waals surface area (Å²) in [6, 6.07) is 10.9. The minimum Gasteiger partial charge on any atom is -0.478 e. The predicted octanol–water partition coefficient (Wildman–Crippen LogP) is 3.65. The first-order valence-corrected chi connectivity index (χ1v) is 6.79. The fraction of sp³-hybridized carbons (Fsp3) is 0.0625. The first-order valence-electron chi connectivity index (χ1n) is 6.79. The third-order valence-electron chi connectivity index (χ3n) is 3.32. The van der Waals surface area contributed by atoms with Gasteiger partial charge in [-0.2, -0.15) is 23.1 Å². The zero-order valence-corrected chi connectivity index (χ0v) is 12.0. The number of carboxylic acid groups (broad SMARTS) is 1. The fourth-order valence-electron chi connectivity index (χ4n) is 2.23. The van der Waals surface area contributed by atoms with Crippen molar-refractivity contribution in [3.8, 4) is 16.9 Å². The van der Waals surface area contributed by atoms with Crippen LogP contribution in [0.2, 0.25) is 0 Å². The van der Waals surface area contributed by atoms with Crippen molar-refractivity contribution in [3.63, 3.8) is 0 Å². The van der Waals surface area contributed by atoms with Crippen LogP contribution in [-0.4, -0.2) is 26.1 Å². The molecule has 3 rings (SSSR count). The molecule has 1 aromatic heterocycles. The van der Waals surface area contributed by atoms with E-state index in [2.05, 4.69) is 10.2 Å². The Bertz CT molecular complexity index is 903. The lowest BCUT2D eigenvalue weighted by molar-refractivity contribution is -0.137. The van der Waals surface area contributed by atoms with Gasteiger partial charge >= 0.3 is 12.1 Å². The number of alkyl halides is 3. The summed E-state index contributed by atoms with van der Waals surface area (Å²) in [5.41, 5.74) is -0.488. The van der Waals surface area contributed by atoms with Gasteiger partial charge in [-0.3, -0.25) is 0 Å². The zero-order valence-electron chi connectivity index (χ0n) is 12.0. The zero-order chi connectivity index (χ0) is 17.3. The number of carboxylic acids is 1. The Balaban J connectivity index is 2.04. The third kappa shape index (κ3) is 2.98. The van der Waals surface area contributed by atoms with E-state index < -0.39 is 17.7 Å². The Morgan fingerprint density at radius 2 is 1.83 bits per heavy atom. The Morgan fingerprint density at radius 1 is 1.08 bits per heavy atom. The molecule has 0 unspecified atom stereocenters. The van der Waals surface area contributed by atoms with Gasteiger partial charge in [0.1, 0.15) is 5.69 Å². The topological polar surface area (TPSA) is 68.0 Å². The fourth-order valence-corrected chi connectivity index (χ4v) is 2.23. The number of aromatic carboxylic acids is 1. The summed E-state index contributed by atoms with van der Waals surface area (Å²) >= 11 is 0. The molecule has 1 N–H and O–H groups in total. The maximum Gasteiger partial charge on any atom is 0.417 e. The van der Waals surface area contributed by atoms with Crippen LogP contribution >= 0.6 is 0 Å². The van der Waals surface area contributed by atoms with Gasteiger partial charge in [0, 0.05) is 5.56 Å². The summed E-state index contributed by atoms with van der Waals surface area (Å²) in [7, 11) is 0. The highest BCUT2D eigenvalue weighted by molar-refractivity contribution is 5.88. The number of hydrogen-bond acceptors (Lipinski definition) is 3. The van der Waals surface area contributed by atoms with Crippen LogP contribution in [0.4, 0.5) is 13.2 Å². The minimum atomic E-state index is -4.51. The van der Waals surface area contributed by atoms with Gasteiger partial charge in [-0.25, -0.2) is 4.79 Å². The van der Waals surface area contributed by atoms with Crippen molar-refractivity contribution in [2.24, 2.45) is 0 Å². The highest BCUT2D eigenvalue weighted by Crippen LogP contribution is 2.36. The maximum absolute atomic E-state index is 13.1. The molecule has 0 atom stereocenters. The largest absolute Gasteiger partial charge is 0.478 e. The van der Waals surface area contributed by atoms with E-state index in [9.17, 15) is 18.0 Å². The van der Waals surface area contributed by atoms with Crippen LogP contribution in [-0.2, 0) is 6.18 Å². The number of benzene rings is 2. The first-order chi connectivity index (χ1) is 11.4. The van der Waals surface area contributed by atoms with Crippen LogP contribution in [0.3, 0.4) is 0 Å². The predicted molar refractivity (Wildman–Crippen MR) is 78.8 cm³/mol. The van der Waals surface area contributed by atoms with E-state index in [0.717, 1.165) is 10.9 Å². The maximum atomic E-state index is 13.1. The standard InChI is InChI=1S/C16H10F3N3O2/c17-16(18,19)13-7-2-1-6-12(13)14-9-20-22(21-14)11-5-3-4-10(8-11)15(23)24/h1-9H,(H,23,24). The summed E-state index contributed by atoms with van der Waals surface area (Å²) in [5.74, 6) is -1.12. The number of carbonyl (C=O) groups is 1. The van der Waals surface area contributed by atoms with E-state index in [1.807, 2.05) is 0 Å². The molecule has 0 saturated carbocycles. The molecule has 3 aromatic rings. The first kappa shape index (κ1) is 15.7. The highest BCUT2D eigenvalue weighted by Gasteiger charge is 2.34. The number of nitrogens with zero attached hydrogens (tertiary/aromatic N) is 3. The molecule has 0 radical (unpaired) electrons. The number of hydrogen-bond donors (Lipinski definition) is 1.